The number of methoxy groups -OCH3 is 1. The van der Waals surface area contributed by atoms with E-state index in [1.54, 1.807) is 7.11 Å². The fraction of sp³-hybridized carbons (Fsp3) is 0.600. The number of carboxylic acid groups (broad SMARTS) is 1. The van der Waals surface area contributed by atoms with Crippen molar-refractivity contribution in [2.24, 2.45) is 0 Å². The molecule has 7 nitrogen and oxygen atoms in total. The number of hydrogen-bond acceptors (Lipinski definition) is 5. The Labute approximate surface area is 173 Å². The molecule has 1 aromatic rings. The van der Waals surface area contributed by atoms with E-state index < -0.39 is 5.97 Å². The van der Waals surface area contributed by atoms with Crippen molar-refractivity contribution in [1.29, 1.82) is 0 Å². The summed E-state index contributed by atoms with van der Waals surface area (Å²) in [7, 11) is 1.61. The number of likely N-dealkylation sites (N-methyl/N-ethyl adjacent to an activating group) is 1. The minimum atomic E-state index is -0.787. The summed E-state index contributed by atoms with van der Waals surface area (Å²) in [5.41, 5.74) is 0.757. The number of ether oxygens (including phenoxy) is 1. The molecule has 0 aliphatic carbocycles. The van der Waals surface area contributed by atoms with Gasteiger partial charge in [0.05, 0.1) is 19.7 Å². The quantitative estimate of drug-likeness (QED) is 0.647. The average molecular weight is 414 g/mol. The highest BCUT2D eigenvalue weighted by Gasteiger charge is 2.31. The maximum atomic E-state index is 12.7. The van der Waals surface area contributed by atoms with Crippen LogP contribution < -0.4 is 10.1 Å². The number of carbonyl (C=O) groups excluding carboxylic acids is 1. The molecule has 1 fully saturated rings. The number of amides is 1. The second-order valence-corrected chi connectivity index (χ2v) is 6.87. The van der Waals surface area contributed by atoms with Crippen LogP contribution in [0, 0.1) is 0 Å². The summed E-state index contributed by atoms with van der Waals surface area (Å²) in [5.74, 6) is -0.0347. The van der Waals surface area contributed by atoms with Crippen molar-refractivity contribution in [3.63, 3.8) is 0 Å². The first-order valence-electron chi connectivity index (χ1n) is 9.63. The number of likely N-dealkylation sites (tertiary alicyclic amines) is 1. The number of carbonyl (C=O) groups is 2. The van der Waals surface area contributed by atoms with E-state index in [0.29, 0.717) is 0 Å². The van der Waals surface area contributed by atoms with Gasteiger partial charge in [-0.3, -0.25) is 19.4 Å². The molecule has 1 saturated heterocycles. The molecule has 2 rings (SSSR count). The molecule has 1 unspecified atom stereocenters. The number of aliphatic carboxylic acids is 1. The summed E-state index contributed by atoms with van der Waals surface area (Å²) >= 11 is 0. The Balaban J connectivity index is 0.00000392. The maximum Gasteiger partial charge on any atom is 0.317 e. The summed E-state index contributed by atoms with van der Waals surface area (Å²) in [6.07, 6.45) is 2.50. The normalized spacial score (nSPS) is 16.3. The summed E-state index contributed by atoms with van der Waals surface area (Å²) in [4.78, 5) is 28.0. The van der Waals surface area contributed by atoms with Crippen molar-refractivity contribution in [2.75, 3.05) is 38.6 Å². The summed E-state index contributed by atoms with van der Waals surface area (Å²) < 4.78 is 5.14. The molecule has 0 saturated carbocycles. The summed E-state index contributed by atoms with van der Waals surface area (Å²) in [5, 5.41) is 12.0. The van der Waals surface area contributed by atoms with Crippen molar-refractivity contribution < 1.29 is 19.4 Å². The van der Waals surface area contributed by atoms with Crippen LogP contribution in [-0.4, -0.2) is 72.2 Å². The van der Waals surface area contributed by atoms with Gasteiger partial charge in [-0.15, -0.1) is 12.4 Å². The number of halogens is 1. The van der Waals surface area contributed by atoms with Gasteiger partial charge in [-0.1, -0.05) is 13.8 Å². The van der Waals surface area contributed by atoms with Gasteiger partial charge in [0, 0.05) is 24.8 Å². The lowest BCUT2D eigenvalue weighted by atomic mass is 10.00. The lowest BCUT2D eigenvalue weighted by Gasteiger charge is -2.40. The molecular formula is C20H32ClN3O4. The molecule has 0 bridgehead atoms. The Hall–Kier alpha value is -1.83. The summed E-state index contributed by atoms with van der Waals surface area (Å²) in [6, 6.07) is 7.40. The van der Waals surface area contributed by atoms with Gasteiger partial charge in [-0.2, -0.15) is 0 Å². The van der Waals surface area contributed by atoms with Crippen molar-refractivity contribution in [3.05, 3.63) is 24.3 Å². The number of nitrogens with one attached hydrogen (secondary N) is 1. The molecule has 8 heteroatoms. The van der Waals surface area contributed by atoms with Crippen molar-refractivity contribution >= 4 is 30.0 Å². The van der Waals surface area contributed by atoms with Crippen LogP contribution in [0.5, 0.6) is 5.75 Å². The largest absolute Gasteiger partial charge is 0.497 e. The first kappa shape index (κ1) is 24.2. The van der Waals surface area contributed by atoms with Crippen LogP contribution in [0.25, 0.3) is 0 Å². The standard InChI is InChI=1S/C20H31N3O4.ClH/c1-4-18(20(26)21-15-6-8-17(27-3)9-7-15)23-12-10-16(11-13-23)22(5-2)14-19(24)25;/h6-9,16,18H,4-5,10-14H2,1-3H3,(H,21,26)(H,24,25);1H. The lowest BCUT2D eigenvalue weighted by molar-refractivity contribution is -0.139. The van der Waals surface area contributed by atoms with E-state index in [4.69, 9.17) is 9.84 Å². The highest BCUT2D eigenvalue weighted by atomic mass is 35.5. The topological polar surface area (TPSA) is 82.1 Å². The Kier molecular flexibility index (Phi) is 10.3. The van der Waals surface area contributed by atoms with Crippen LogP contribution in [0.2, 0.25) is 0 Å². The van der Waals surface area contributed by atoms with Gasteiger partial charge in [0.2, 0.25) is 5.91 Å². The van der Waals surface area contributed by atoms with Crippen LogP contribution in [0.3, 0.4) is 0 Å². The second kappa shape index (κ2) is 11.9. The first-order valence-corrected chi connectivity index (χ1v) is 9.63. The Morgan fingerprint density at radius 3 is 2.32 bits per heavy atom. The van der Waals surface area contributed by atoms with Gasteiger partial charge in [0.25, 0.3) is 0 Å². The molecule has 1 aliphatic rings. The second-order valence-electron chi connectivity index (χ2n) is 6.87. The van der Waals surface area contributed by atoms with E-state index in [0.717, 1.165) is 50.3 Å². The van der Waals surface area contributed by atoms with Crippen LogP contribution in [-0.2, 0) is 9.59 Å². The number of anilines is 1. The predicted octanol–water partition coefficient (Wildman–Crippen LogP) is 2.71. The fourth-order valence-electron chi connectivity index (χ4n) is 3.74. The lowest BCUT2D eigenvalue weighted by Crippen LogP contribution is -2.52. The van der Waals surface area contributed by atoms with E-state index in [2.05, 4.69) is 10.2 Å². The SMILES string of the molecule is CCC(C(=O)Nc1ccc(OC)cc1)N1CCC(N(CC)CC(=O)O)CC1.Cl. The minimum Gasteiger partial charge on any atom is -0.497 e. The number of carboxylic acids is 1. The van der Waals surface area contributed by atoms with Gasteiger partial charge >= 0.3 is 5.97 Å². The van der Waals surface area contributed by atoms with Gasteiger partial charge in [-0.25, -0.2) is 0 Å². The zero-order valence-corrected chi connectivity index (χ0v) is 17.7. The monoisotopic (exact) mass is 413 g/mol. The predicted molar refractivity (Wildman–Crippen MR) is 112 cm³/mol. The Bertz CT molecular complexity index is 618. The maximum absolute atomic E-state index is 12.7. The van der Waals surface area contributed by atoms with Gasteiger partial charge in [-0.05, 0) is 50.1 Å². The van der Waals surface area contributed by atoms with Gasteiger partial charge in [0.15, 0.2) is 0 Å². The highest BCUT2D eigenvalue weighted by molar-refractivity contribution is 5.94. The Morgan fingerprint density at radius 1 is 1.25 bits per heavy atom. The highest BCUT2D eigenvalue weighted by Crippen LogP contribution is 2.21. The molecule has 1 aromatic carbocycles. The first-order chi connectivity index (χ1) is 13.0. The minimum absolute atomic E-state index is 0. The van der Waals surface area contributed by atoms with Crippen LogP contribution in [0.1, 0.15) is 33.1 Å². The third-order valence-corrected chi connectivity index (χ3v) is 5.25. The molecule has 1 heterocycles. The van der Waals surface area contributed by atoms with Crippen LogP contribution in [0.4, 0.5) is 5.69 Å². The molecular weight excluding hydrogens is 382 g/mol. The number of piperidine rings is 1. The number of benzene rings is 1. The molecule has 1 atom stereocenters. The summed E-state index contributed by atoms with van der Waals surface area (Å²) in [6.45, 7) is 6.42. The van der Waals surface area contributed by atoms with Gasteiger partial charge < -0.3 is 15.2 Å². The van der Waals surface area contributed by atoms with Crippen molar-refractivity contribution in [3.8, 4) is 5.75 Å². The third-order valence-electron chi connectivity index (χ3n) is 5.25. The van der Waals surface area contributed by atoms with E-state index in [1.165, 1.54) is 0 Å². The number of rotatable bonds is 9. The smallest absolute Gasteiger partial charge is 0.317 e. The zero-order chi connectivity index (χ0) is 19.8. The van der Waals surface area contributed by atoms with E-state index in [1.807, 2.05) is 43.0 Å². The molecule has 1 amide bonds. The van der Waals surface area contributed by atoms with Crippen molar-refractivity contribution in [2.45, 2.75) is 45.2 Å². The van der Waals surface area contributed by atoms with Crippen LogP contribution >= 0.6 is 12.4 Å². The molecule has 0 spiro atoms. The third kappa shape index (κ3) is 6.65. The molecule has 28 heavy (non-hydrogen) atoms. The fourth-order valence-corrected chi connectivity index (χ4v) is 3.74. The van der Waals surface area contributed by atoms with E-state index in [-0.39, 0.29) is 36.9 Å². The van der Waals surface area contributed by atoms with Crippen molar-refractivity contribution in [1.82, 2.24) is 9.80 Å². The molecule has 0 radical (unpaired) electrons. The molecule has 0 aromatic heterocycles. The number of hydrogen-bond donors (Lipinski definition) is 2. The average Bonchev–Trinajstić information content (AvgIpc) is 2.67. The van der Waals surface area contributed by atoms with Gasteiger partial charge in [0.1, 0.15) is 5.75 Å². The zero-order valence-electron chi connectivity index (χ0n) is 16.9. The number of nitrogens with zero attached hydrogens (tertiary/aromatic N) is 2. The Morgan fingerprint density at radius 2 is 1.86 bits per heavy atom. The van der Waals surface area contributed by atoms with E-state index >= 15 is 0 Å². The molecule has 2 N–H and O–H groups in total. The van der Waals surface area contributed by atoms with Crippen LogP contribution in [0.15, 0.2) is 24.3 Å². The molecule has 1 aliphatic heterocycles. The van der Waals surface area contributed by atoms with E-state index in [9.17, 15) is 9.59 Å². The molecule has 158 valence electrons.